The van der Waals surface area contributed by atoms with Crippen molar-refractivity contribution < 1.29 is 9.53 Å². The normalized spacial score (nSPS) is 12.4. The lowest BCUT2D eigenvalue weighted by Gasteiger charge is -2.08. The number of ether oxygens (including phenoxy) is 1. The Kier molecular flexibility index (Phi) is 4.05. The summed E-state index contributed by atoms with van der Waals surface area (Å²) in [6.45, 7) is 1.90. The SMILES string of the molecule is O=C(NCCOc1ccccc1)c1ccc2c(c1)CCN2. The monoisotopic (exact) mass is 282 g/mol. The third-order valence-corrected chi connectivity index (χ3v) is 3.48. The molecule has 0 saturated heterocycles. The first kappa shape index (κ1) is 13.5. The van der Waals surface area contributed by atoms with Gasteiger partial charge in [0.25, 0.3) is 5.91 Å². The second-order valence-corrected chi connectivity index (χ2v) is 4.97. The molecule has 1 heterocycles. The van der Waals surface area contributed by atoms with E-state index in [-0.39, 0.29) is 5.91 Å². The van der Waals surface area contributed by atoms with Crippen LogP contribution >= 0.6 is 0 Å². The zero-order valence-electron chi connectivity index (χ0n) is 11.8. The number of para-hydroxylation sites is 1. The summed E-state index contributed by atoms with van der Waals surface area (Å²) in [5, 5.41) is 6.16. The maximum atomic E-state index is 12.1. The van der Waals surface area contributed by atoms with Gasteiger partial charge in [0.2, 0.25) is 0 Å². The van der Waals surface area contributed by atoms with Crippen molar-refractivity contribution >= 4 is 11.6 Å². The molecule has 0 spiro atoms. The average molecular weight is 282 g/mol. The Morgan fingerprint density at radius 3 is 2.90 bits per heavy atom. The molecule has 0 fully saturated rings. The maximum absolute atomic E-state index is 12.1. The fourth-order valence-electron chi connectivity index (χ4n) is 2.40. The molecule has 0 atom stereocenters. The average Bonchev–Trinajstić information content (AvgIpc) is 3.00. The third kappa shape index (κ3) is 3.34. The Hall–Kier alpha value is -2.49. The molecular weight excluding hydrogens is 264 g/mol. The van der Waals surface area contributed by atoms with Gasteiger partial charge in [-0.05, 0) is 42.3 Å². The van der Waals surface area contributed by atoms with Gasteiger partial charge in [0, 0.05) is 17.8 Å². The van der Waals surface area contributed by atoms with Gasteiger partial charge >= 0.3 is 0 Å². The first-order valence-corrected chi connectivity index (χ1v) is 7.16. The van der Waals surface area contributed by atoms with E-state index in [4.69, 9.17) is 4.74 Å². The predicted molar refractivity (Wildman–Crippen MR) is 82.9 cm³/mol. The molecule has 2 N–H and O–H groups in total. The van der Waals surface area contributed by atoms with E-state index in [0.717, 1.165) is 24.4 Å². The number of anilines is 1. The Bertz CT molecular complexity index is 626. The molecule has 4 heteroatoms. The highest BCUT2D eigenvalue weighted by atomic mass is 16.5. The minimum atomic E-state index is -0.0543. The molecule has 0 aliphatic carbocycles. The third-order valence-electron chi connectivity index (χ3n) is 3.48. The van der Waals surface area contributed by atoms with E-state index in [1.807, 2.05) is 48.5 Å². The predicted octanol–water partition coefficient (Wildman–Crippen LogP) is 2.46. The van der Waals surface area contributed by atoms with Crippen LogP contribution in [0.3, 0.4) is 0 Å². The molecule has 1 aliphatic rings. The Balaban J connectivity index is 1.48. The van der Waals surface area contributed by atoms with Crippen LogP contribution in [-0.4, -0.2) is 25.6 Å². The van der Waals surface area contributed by atoms with Crippen LogP contribution in [0.4, 0.5) is 5.69 Å². The highest BCUT2D eigenvalue weighted by molar-refractivity contribution is 5.95. The van der Waals surface area contributed by atoms with E-state index in [1.54, 1.807) is 0 Å². The van der Waals surface area contributed by atoms with E-state index >= 15 is 0 Å². The zero-order valence-corrected chi connectivity index (χ0v) is 11.8. The van der Waals surface area contributed by atoms with Crippen LogP contribution in [-0.2, 0) is 6.42 Å². The summed E-state index contributed by atoms with van der Waals surface area (Å²) in [7, 11) is 0. The van der Waals surface area contributed by atoms with Gasteiger partial charge in [-0.25, -0.2) is 0 Å². The molecule has 2 aromatic carbocycles. The standard InChI is InChI=1S/C17H18N2O2/c20-17(14-6-7-16-13(12-14)8-9-18-16)19-10-11-21-15-4-2-1-3-5-15/h1-7,12,18H,8-11H2,(H,19,20). The lowest BCUT2D eigenvalue weighted by Crippen LogP contribution is -2.28. The van der Waals surface area contributed by atoms with Crippen LogP contribution in [0, 0.1) is 0 Å². The first-order chi connectivity index (χ1) is 10.3. The molecule has 1 amide bonds. The van der Waals surface area contributed by atoms with Gasteiger partial charge in [0.15, 0.2) is 0 Å². The van der Waals surface area contributed by atoms with E-state index < -0.39 is 0 Å². The molecule has 2 aromatic rings. The number of fused-ring (bicyclic) bond motifs is 1. The van der Waals surface area contributed by atoms with Gasteiger partial charge in [-0.1, -0.05) is 18.2 Å². The van der Waals surface area contributed by atoms with Crippen molar-refractivity contribution in [1.82, 2.24) is 5.32 Å². The molecule has 0 bridgehead atoms. The molecule has 1 aliphatic heterocycles. The van der Waals surface area contributed by atoms with Gasteiger partial charge in [-0.3, -0.25) is 4.79 Å². The number of carbonyl (C=O) groups excluding carboxylic acids is 1. The molecule has 3 rings (SSSR count). The number of amides is 1. The highest BCUT2D eigenvalue weighted by Gasteiger charge is 2.13. The Morgan fingerprint density at radius 1 is 1.19 bits per heavy atom. The van der Waals surface area contributed by atoms with Crippen LogP contribution in [0.5, 0.6) is 5.75 Å². The quantitative estimate of drug-likeness (QED) is 0.828. The van der Waals surface area contributed by atoms with E-state index in [9.17, 15) is 4.79 Å². The summed E-state index contributed by atoms with van der Waals surface area (Å²) >= 11 is 0. The number of carbonyl (C=O) groups is 1. The number of nitrogens with one attached hydrogen (secondary N) is 2. The highest BCUT2D eigenvalue weighted by Crippen LogP contribution is 2.22. The van der Waals surface area contributed by atoms with E-state index in [2.05, 4.69) is 10.6 Å². The van der Waals surface area contributed by atoms with Crippen LogP contribution in [0.2, 0.25) is 0 Å². The summed E-state index contributed by atoms with van der Waals surface area (Å²) in [4.78, 5) is 12.1. The number of rotatable bonds is 5. The summed E-state index contributed by atoms with van der Waals surface area (Å²) in [5.41, 5.74) is 3.05. The van der Waals surface area contributed by atoms with Crippen molar-refractivity contribution in [3.05, 3.63) is 59.7 Å². The van der Waals surface area contributed by atoms with Crippen LogP contribution < -0.4 is 15.4 Å². The molecule has 0 saturated carbocycles. The fourth-order valence-corrected chi connectivity index (χ4v) is 2.40. The van der Waals surface area contributed by atoms with E-state index in [0.29, 0.717) is 18.7 Å². The van der Waals surface area contributed by atoms with Crippen molar-refractivity contribution in [2.24, 2.45) is 0 Å². The second kappa shape index (κ2) is 6.31. The number of benzene rings is 2. The molecular formula is C17H18N2O2. The lowest BCUT2D eigenvalue weighted by atomic mass is 10.1. The number of hydrogen-bond acceptors (Lipinski definition) is 3. The molecule has 4 nitrogen and oxygen atoms in total. The van der Waals surface area contributed by atoms with Crippen molar-refractivity contribution in [2.45, 2.75) is 6.42 Å². The van der Waals surface area contributed by atoms with Gasteiger partial charge in [0.1, 0.15) is 12.4 Å². The van der Waals surface area contributed by atoms with Crippen LogP contribution in [0.25, 0.3) is 0 Å². The molecule has 0 aromatic heterocycles. The van der Waals surface area contributed by atoms with Crippen molar-refractivity contribution in [2.75, 3.05) is 25.0 Å². The van der Waals surface area contributed by atoms with Gasteiger partial charge < -0.3 is 15.4 Å². The summed E-state index contributed by atoms with van der Waals surface area (Å²) in [6, 6.07) is 15.4. The zero-order chi connectivity index (χ0) is 14.5. The molecule has 0 unspecified atom stereocenters. The van der Waals surface area contributed by atoms with Gasteiger partial charge in [-0.2, -0.15) is 0 Å². The van der Waals surface area contributed by atoms with Crippen LogP contribution in [0.15, 0.2) is 48.5 Å². The van der Waals surface area contributed by atoms with Gasteiger partial charge in [-0.15, -0.1) is 0 Å². The summed E-state index contributed by atoms with van der Waals surface area (Å²) < 4.78 is 5.54. The largest absolute Gasteiger partial charge is 0.492 e. The molecule has 0 radical (unpaired) electrons. The molecule has 108 valence electrons. The number of hydrogen-bond donors (Lipinski definition) is 2. The first-order valence-electron chi connectivity index (χ1n) is 7.16. The maximum Gasteiger partial charge on any atom is 0.251 e. The van der Waals surface area contributed by atoms with Crippen molar-refractivity contribution in [3.63, 3.8) is 0 Å². The Labute approximate surface area is 124 Å². The lowest BCUT2D eigenvalue weighted by molar-refractivity contribution is 0.0947. The molecule has 21 heavy (non-hydrogen) atoms. The summed E-state index contributed by atoms with van der Waals surface area (Å²) in [6.07, 6.45) is 0.980. The van der Waals surface area contributed by atoms with Crippen molar-refractivity contribution in [1.29, 1.82) is 0 Å². The Morgan fingerprint density at radius 2 is 2.05 bits per heavy atom. The second-order valence-electron chi connectivity index (χ2n) is 4.97. The fraction of sp³-hybridized carbons (Fsp3) is 0.235. The minimum Gasteiger partial charge on any atom is -0.492 e. The minimum absolute atomic E-state index is 0.0543. The smallest absolute Gasteiger partial charge is 0.251 e. The van der Waals surface area contributed by atoms with Crippen LogP contribution in [0.1, 0.15) is 15.9 Å². The topological polar surface area (TPSA) is 50.4 Å². The summed E-state index contributed by atoms with van der Waals surface area (Å²) in [5.74, 6) is 0.761. The van der Waals surface area contributed by atoms with Crippen molar-refractivity contribution in [3.8, 4) is 5.75 Å². The van der Waals surface area contributed by atoms with Gasteiger partial charge in [0.05, 0.1) is 6.54 Å². The van der Waals surface area contributed by atoms with E-state index in [1.165, 1.54) is 5.56 Å².